The van der Waals surface area contributed by atoms with E-state index < -0.39 is 11.7 Å². The van der Waals surface area contributed by atoms with Crippen LogP contribution in [0.4, 0.5) is 10.6 Å². The molecule has 19 heavy (non-hydrogen) atoms. The normalized spacial score (nSPS) is 13.7. The first-order valence-electron chi connectivity index (χ1n) is 6.08. The number of ether oxygens (including phenoxy) is 1. The second kappa shape index (κ2) is 4.87. The number of rotatable bonds is 2. The predicted molar refractivity (Wildman–Crippen MR) is 69.6 cm³/mol. The average Bonchev–Trinajstić information content (AvgIpc) is 2.63. The van der Waals surface area contributed by atoms with E-state index in [0.29, 0.717) is 18.8 Å². The fraction of sp³-hybridized carbons (Fsp3) is 0.462. The third kappa shape index (κ3) is 3.67. The van der Waals surface area contributed by atoms with E-state index in [2.05, 4.69) is 15.6 Å². The minimum absolute atomic E-state index is 0.0558. The highest BCUT2D eigenvalue weighted by atomic mass is 16.6. The van der Waals surface area contributed by atoms with Crippen LogP contribution in [0.15, 0.2) is 12.3 Å². The number of alkyl carbamates (subject to hydrolysis) is 1. The van der Waals surface area contributed by atoms with E-state index in [9.17, 15) is 9.59 Å². The number of carbonyl (C=O) groups is 2. The van der Waals surface area contributed by atoms with E-state index in [0.717, 1.165) is 11.1 Å². The smallest absolute Gasteiger partial charge is 0.407 e. The van der Waals surface area contributed by atoms with Crippen LogP contribution in [0.3, 0.4) is 0 Å². The summed E-state index contributed by atoms with van der Waals surface area (Å²) < 4.78 is 5.13. The molecule has 0 fully saturated rings. The maximum atomic E-state index is 11.5. The van der Waals surface area contributed by atoms with Gasteiger partial charge in [0.2, 0.25) is 5.91 Å². The van der Waals surface area contributed by atoms with Gasteiger partial charge in [0.15, 0.2) is 0 Å². The second-order valence-electron chi connectivity index (χ2n) is 5.43. The molecular weight excluding hydrogens is 246 g/mol. The zero-order valence-electron chi connectivity index (χ0n) is 11.2. The molecule has 0 radical (unpaired) electrons. The van der Waals surface area contributed by atoms with Crippen LogP contribution in [-0.2, 0) is 22.5 Å². The van der Waals surface area contributed by atoms with Crippen LogP contribution in [0.2, 0.25) is 0 Å². The second-order valence-corrected chi connectivity index (χ2v) is 5.43. The highest BCUT2D eigenvalue weighted by Crippen LogP contribution is 2.20. The van der Waals surface area contributed by atoms with Crippen molar-refractivity contribution >= 4 is 17.8 Å². The van der Waals surface area contributed by atoms with Gasteiger partial charge in [-0.1, -0.05) is 0 Å². The summed E-state index contributed by atoms with van der Waals surface area (Å²) in [6, 6.07) is 1.86. The molecule has 2 heterocycles. The summed E-state index contributed by atoms with van der Waals surface area (Å²) in [6.45, 7) is 5.74. The lowest BCUT2D eigenvalue weighted by molar-refractivity contribution is -0.115. The molecule has 0 unspecified atom stereocenters. The van der Waals surface area contributed by atoms with E-state index in [1.807, 2.05) is 6.07 Å². The molecule has 6 heteroatoms. The number of nitrogens with zero attached hydrogens (tertiary/aromatic N) is 1. The molecule has 6 nitrogen and oxygen atoms in total. The van der Waals surface area contributed by atoms with Gasteiger partial charge >= 0.3 is 6.09 Å². The third-order valence-corrected chi connectivity index (χ3v) is 2.47. The average molecular weight is 263 g/mol. The lowest BCUT2D eigenvalue weighted by Crippen LogP contribution is -2.32. The van der Waals surface area contributed by atoms with Crippen LogP contribution in [-0.4, -0.2) is 22.6 Å². The molecule has 0 aromatic carbocycles. The molecule has 1 aliphatic rings. The Kier molecular flexibility index (Phi) is 3.42. The predicted octanol–water partition coefficient (Wildman–Crippen LogP) is 1.60. The SMILES string of the molecule is CC(C)(C)OC(=O)NCc1cnc2c(c1)CC(=O)N2. The molecule has 0 aliphatic carbocycles. The van der Waals surface area contributed by atoms with Crippen molar-refractivity contribution in [2.75, 3.05) is 5.32 Å². The van der Waals surface area contributed by atoms with Crippen molar-refractivity contribution in [3.05, 3.63) is 23.4 Å². The van der Waals surface area contributed by atoms with Gasteiger partial charge in [-0.15, -0.1) is 0 Å². The van der Waals surface area contributed by atoms with Crippen molar-refractivity contribution in [2.24, 2.45) is 0 Å². The monoisotopic (exact) mass is 263 g/mol. The van der Waals surface area contributed by atoms with Gasteiger partial charge in [-0.3, -0.25) is 4.79 Å². The number of hydrogen-bond donors (Lipinski definition) is 2. The molecule has 102 valence electrons. The van der Waals surface area contributed by atoms with Crippen molar-refractivity contribution in [2.45, 2.75) is 39.3 Å². The Morgan fingerprint density at radius 2 is 2.26 bits per heavy atom. The molecular formula is C13H17N3O3. The largest absolute Gasteiger partial charge is 0.444 e. The summed E-state index contributed by atoms with van der Waals surface area (Å²) >= 11 is 0. The van der Waals surface area contributed by atoms with Crippen molar-refractivity contribution in [3.63, 3.8) is 0 Å². The lowest BCUT2D eigenvalue weighted by atomic mass is 10.1. The first-order valence-corrected chi connectivity index (χ1v) is 6.08. The summed E-state index contributed by atoms with van der Waals surface area (Å²) in [5.41, 5.74) is 1.17. The Morgan fingerprint density at radius 1 is 1.53 bits per heavy atom. The Hall–Kier alpha value is -2.11. The molecule has 0 atom stereocenters. The summed E-state index contributed by atoms with van der Waals surface area (Å²) in [5.74, 6) is 0.547. The molecule has 1 aromatic heterocycles. The van der Waals surface area contributed by atoms with Crippen molar-refractivity contribution in [3.8, 4) is 0 Å². The molecule has 2 N–H and O–H groups in total. The number of aromatic nitrogens is 1. The number of pyridine rings is 1. The topological polar surface area (TPSA) is 80.3 Å². The highest BCUT2D eigenvalue weighted by molar-refractivity contribution is 5.97. The van der Waals surface area contributed by atoms with Crippen LogP contribution in [0.5, 0.6) is 0 Å². The quantitative estimate of drug-likeness (QED) is 0.849. The van der Waals surface area contributed by atoms with E-state index in [4.69, 9.17) is 4.74 Å². The van der Waals surface area contributed by atoms with Gasteiger partial charge in [-0.25, -0.2) is 9.78 Å². The molecule has 2 amide bonds. The molecule has 0 saturated heterocycles. The first-order chi connectivity index (χ1) is 8.83. The number of anilines is 1. The maximum Gasteiger partial charge on any atom is 0.407 e. The summed E-state index contributed by atoms with van der Waals surface area (Å²) in [5, 5.41) is 5.31. The molecule has 2 rings (SSSR count). The maximum absolute atomic E-state index is 11.5. The van der Waals surface area contributed by atoms with Crippen molar-refractivity contribution < 1.29 is 14.3 Å². The van der Waals surface area contributed by atoms with E-state index >= 15 is 0 Å². The molecule has 0 bridgehead atoms. The van der Waals surface area contributed by atoms with E-state index in [1.165, 1.54) is 0 Å². The van der Waals surface area contributed by atoms with Gasteiger partial charge in [-0.2, -0.15) is 0 Å². The van der Waals surface area contributed by atoms with Gasteiger partial charge < -0.3 is 15.4 Å². The third-order valence-electron chi connectivity index (χ3n) is 2.47. The molecule has 1 aromatic rings. The van der Waals surface area contributed by atoms with Crippen LogP contribution in [0, 0.1) is 0 Å². The Balaban J connectivity index is 1.93. The van der Waals surface area contributed by atoms with Gasteiger partial charge in [0.1, 0.15) is 11.4 Å². The van der Waals surface area contributed by atoms with Crippen LogP contribution in [0.25, 0.3) is 0 Å². The fourth-order valence-corrected chi connectivity index (χ4v) is 1.74. The number of hydrogen-bond acceptors (Lipinski definition) is 4. The minimum Gasteiger partial charge on any atom is -0.444 e. The molecule has 1 aliphatic heterocycles. The van der Waals surface area contributed by atoms with Crippen molar-refractivity contribution in [1.82, 2.24) is 10.3 Å². The number of nitrogens with one attached hydrogen (secondary N) is 2. The van der Waals surface area contributed by atoms with Gasteiger partial charge in [0.25, 0.3) is 0 Å². The first kappa shape index (κ1) is 13.3. The Morgan fingerprint density at radius 3 is 2.95 bits per heavy atom. The summed E-state index contributed by atoms with van der Waals surface area (Å²) in [6.07, 6.45) is 1.49. The Labute approximate surface area is 111 Å². The van der Waals surface area contributed by atoms with Crippen LogP contribution < -0.4 is 10.6 Å². The zero-order valence-corrected chi connectivity index (χ0v) is 11.2. The number of carbonyl (C=O) groups excluding carboxylic acids is 2. The standard InChI is InChI=1S/C13H17N3O3/c1-13(2,3)19-12(18)15-7-8-4-9-5-10(17)16-11(9)14-6-8/h4,6H,5,7H2,1-3H3,(H,15,18)(H,14,16,17). The highest BCUT2D eigenvalue weighted by Gasteiger charge is 2.19. The van der Waals surface area contributed by atoms with Gasteiger partial charge in [-0.05, 0) is 32.4 Å². The summed E-state index contributed by atoms with van der Waals surface area (Å²) in [4.78, 5) is 26.8. The van der Waals surface area contributed by atoms with Crippen LogP contribution >= 0.6 is 0 Å². The molecule has 0 spiro atoms. The number of amides is 2. The zero-order chi connectivity index (χ0) is 14.0. The van der Waals surface area contributed by atoms with Crippen molar-refractivity contribution in [1.29, 1.82) is 0 Å². The lowest BCUT2D eigenvalue weighted by Gasteiger charge is -2.19. The fourth-order valence-electron chi connectivity index (χ4n) is 1.74. The minimum atomic E-state index is -0.517. The van der Waals surface area contributed by atoms with Gasteiger partial charge in [0, 0.05) is 18.3 Å². The van der Waals surface area contributed by atoms with E-state index in [1.54, 1.807) is 27.0 Å². The molecule has 0 saturated carbocycles. The number of fused-ring (bicyclic) bond motifs is 1. The Bertz CT molecular complexity index is 520. The summed E-state index contributed by atoms with van der Waals surface area (Å²) in [7, 11) is 0. The van der Waals surface area contributed by atoms with E-state index in [-0.39, 0.29) is 5.91 Å². The van der Waals surface area contributed by atoms with Gasteiger partial charge in [0.05, 0.1) is 6.42 Å². The van der Waals surface area contributed by atoms with Crippen LogP contribution in [0.1, 0.15) is 31.9 Å².